The number of hydrogen-bond acceptors (Lipinski definition) is 3. The molecule has 0 bridgehead atoms. The Morgan fingerprint density at radius 1 is 1.20 bits per heavy atom. The zero-order valence-electron chi connectivity index (χ0n) is 5.37. The van der Waals surface area contributed by atoms with Crippen LogP contribution in [0.25, 0.3) is 0 Å². The molecule has 2 rings (SSSR count). The van der Waals surface area contributed by atoms with Crippen LogP contribution in [0.1, 0.15) is 0 Å². The fourth-order valence-electron chi connectivity index (χ4n) is 1.43. The Kier molecular flexibility index (Phi) is 1.72. The average molecular weight is 209 g/mol. The maximum Gasteiger partial charge on any atom is 0.113 e. The predicted octanol–water partition coefficient (Wildman–Crippen LogP) is -0.0916. The van der Waals surface area contributed by atoms with Crippen LogP contribution in [0, 0.1) is 0 Å². The summed E-state index contributed by atoms with van der Waals surface area (Å²) >= 11 is 3.41. The molecule has 0 aliphatic carbocycles. The van der Waals surface area contributed by atoms with Crippen molar-refractivity contribution in [1.82, 2.24) is 0 Å². The van der Waals surface area contributed by atoms with E-state index in [1.54, 1.807) is 0 Å². The third-order valence-electron chi connectivity index (χ3n) is 1.97. The second-order valence-corrected chi connectivity index (χ2v) is 3.86. The predicted molar refractivity (Wildman–Crippen MR) is 38.2 cm³/mol. The number of ether oxygens (including phenoxy) is 2. The van der Waals surface area contributed by atoms with Crippen molar-refractivity contribution < 1.29 is 14.6 Å². The number of aliphatic hydroxyl groups excluding tert-OH is 1. The Balaban J connectivity index is 2.09. The highest BCUT2D eigenvalue weighted by molar-refractivity contribution is 9.09. The molecule has 10 heavy (non-hydrogen) atoms. The van der Waals surface area contributed by atoms with Crippen molar-refractivity contribution in [2.24, 2.45) is 0 Å². The first-order chi connectivity index (χ1) is 4.79. The molecule has 2 heterocycles. The van der Waals surface area contributed by atoms with Crippen LogP contribution in [0.5, 0.6) is 0 Å². The van der Waals surface area contributed by atoms with E-state index in [0.29, 0.717) is 13.2 Å². The first-order valence-corrected chi connectivity index (χ1v) is 4.26. The molecule has 2 aliphatic heterocycles. The van der Waals surface area contributed by atoms with E-state index in [4.69, 9.17) is 9.47 Å². The molecule has 0 radical (unpaired) electrons. The summed E-state index contributed by atoms with van der Waals surface area (Å²) in [5, 5.41) is 9.25. The van der Waals surface area contributed by atoms with Crippen molar-refractivity contribution >= 4 is 15.9 Å². The van der Waals surface area contributed by atoms with Crippen molar-refractivity contribution in [3.05, 3.63) is 0 Å². The molecule has 58 valence electrons. The minimum absolute atomic E-state index is 0.0648. The number of aliphatic hydroxyl groups is 1. The van der Waals surface area contributed by atoms with Gasteiger partial charge in [-0.3, -0.25) is 0 Å². The van der Waals surface area contributed by atoms with E-state index in [1.807, 2.05) is 0 Å². The molecule has 4 heteroatoms. The second-order valence-electron chi connectivity index (χ2n) is 2.68. The van der Waals surface area contributed by atoms with Crippen molar-refractivity contribution in [3.8, 4) is 0 Å². The fourth-order valence-corrected chi connectivity index (χ4v) is 2.04. The molecule has 4 unspecified atom stereocenters. The molecular formula is C6H9BrO3. The molecule has 2 aliphatic rings. The molecule has 0 aromatic carbocycles. The van der Waals surface area contributed by atoms with Crippen LogP contribution in [0.2, 0.25) is 0 Å². The summed E-state index contributed by atoms with van der Waals surface area (Å²) in [6.45, 7) is 1.06. The molecule has 0 aromatic heterocycles. The van der Waals surface area contributed by atoms with Gasteiger partial charge in [0.2, 0.25) is 0 Å². The van der Waals surface area contributed by atoms with Crippen molar-refractivity contribution in [3.63, 3.8) is 0 Å². The molecule has 0 aromatic rings. The first kappa shape index (κ1) is 7.03. The molecule has 0 saturated carbocycles. The van der Waals surface area contributed by atoms with Crippen LogP contribution >= 0.6 is 15.9 Å². The molecule has 0 amide bonds. The summed E-state index contributed by atoms with van der Waals surface area (Å²) in [5.41, 5.74) is 0. The average Bonchev–Trinajstić information content (AvgIpc) is 2.41. The molecule has 2 saturated heterocycles. The number of fused-ring (bicyclic) bond motifs is 1. The van der Waals surface area contributed by atoms with Gasteiger partial charge >= 0.3 is 0 Å². The van der Waals surface area contributed by atoms with Crippen LogP contribution < -0.4 is 0 Å². The van der Waals surface area contributed by atoms with E-state index in [9.17, 15) is 5.11 Å². The van der Waals surface area contributed by atoms with E-state index in [2.05, 4.69) is 15.9 Å². The monoisotopic (exact) mass is 208 g/mol. The molecule has 0 spiro atoms. The molecule has 2 fully saturated rings. The van der Waals surface area contributed by atoms with Crippen molar-refractivity contribution in [1.29, 1.82) is 0 Å². The minimum atomic E-state index is -0.424. The summed E-state index contributed by atoms with van der Waals surface area (Å²) in [6.07, 6.45) is -0.452. The summed E-state index contributed by atoms with van der Waals surface area (Å²) in [5.74, 6) is 0. The van der Waals surface area contributed by atoms with E-state index in [-0.39, 0.29) is 17.0 Å². The standard InChI is InChI=1S/C6H9BrO3/c7-3-1-9-6-4(8)2-10-5(3)6/h3-6,8H,1-2H2. The summed E-state index contributed by atoms with van der Waals surface area (Å²) in [6, 6.07) is 0. The smallest absolute Gasteiger partial charge is 0.113 e. The van der Waals surface area contributed by atoms with Gasteiger partial charge in [0.25, 0.3) is 0 Å². The number of hydrogen-bond donors (Lipinski definition) is 1. The highest BCUT2D eigenvalue weighted by Gasteiger charge is 2.45. The quantitative estimate of drug-likeness (QED) is 0.566. The van der Waals surface area contributed by atoms with Gasteiger partial charge in [0.15, 0.2) is 0 Å². The molecule has 4 atom stereocenters. The summed E-state index contributed by atoms with van der Waals surface area (Å²) < 4.78 is 10.6. The van der Waals surface area contributed by atoms with Crippen LogP contribution in [0.3, 0.4) is 0 Å². The summed E-state index contributed by atoms with van der Waals surface area (Å²) in [7, 11) is 0. The highest BCUT2D eigenvalue weighted by atomic mass is 79.9. The number of rotatable bonds is 0. The number of halogens is 1. The van der Waals surface area contributed by atoms with Gasteiger partial charge in [0, 0.05) is 0 Å². The lowest BCUT2D eigenvalue weighted by atomic mass is 10.1. The van der Waals surface area contributed by atoms with Crippen LogP contribution in [0.4, 0.5) is 0 Å². The van der Waals surface area contributed by atoms with Crippen LogP contribution in [0.15, 0.2) is 0 Å². The maximum atomic E-state index is 9.25. The first-order valence-electron chi connectivity index (χ1n) is 3.34. The van der Waals surface area contributed by atoms with Gasteiger partial charge in [-0.05, 0) is 0 Å². The van der Waals surface area contributed by atoms with Crippen molar-refractivity contribution in [2.45, 2.75) is 23.1 Å². The molecule has 1 N–H and O–H groups in total. The van der Waals surface area contributed by atoms with Gasteiger partial charge in [-0.15, -0.1) is 0 Å². The Labute approximate surface area is 67.4 Å². The lowest BCUT2D eigenvalue weighted by molar-refractivity contribution is 0.0188. The Morgan fingerprint density at radius 2 is 1.90 bits per heavy atom. The van der Waals surface area contributed by atoms with Gasteiger partial charge in [-0.2, -0.15) is 0 Å². The lowest BCUT2D eigenvalue weighted by Gasteiger charge is -2.09. The lowest BCUT2D eigenvalue weighted by Crippen LogP contribution is -2.28. The zero-order chi connectivity index (χ0) is 7.14. The zero-order valence-corrected chi connectivity index (χ0v) is 6.95. The largest absolute Gasteiger partial charge is 0.388 e. The van der Waals surface area contributed by atoms with E-state index >= 15 is 0 Å². The normalized spacial score (nSPS) is 53.4. The number of alkyl halides is 1. The molecular weight excluding hydrogens is 200 g/mol. The van der Waals surface area contributed by atoms with Gasteiger partial charge in [-0.1, -0.05) is 15.9 Å². The third kappa shape index (κ3) is 0.906. The fraction of sp³-hybridized carbons (Fsp3) is 1.00. The Morgan fingerprint density at radius 3 is 2.60 bits per heavy atom. The van der Waals surface area contributed by atoms with Gasteiger partial charge < -0.3 is 14.6 Å². The van der Waals surface area contributed by atoms with Gasteiger partial charge in [-0.25, -0.2) is 0 Å². The summed E-state index contributed by atoms with van der Waals surface area (Å²) in [4.78, 5) is 0.259. The SMILES string of the molecule is OC1COC2C(Br)COC12. The van der Waals surface area contributed by atoms with Crippen molar-refractivity contribution in [2.75, 3.05) is 13.2 Å². The van der Waals surface area contributed by atoms with E-state index < -0.39 is 6.10 Å². The Bertz CT molecular complexity index is 125. The maximum absolute atomic E-state index is 9.25. The van der Waals surface area contributed by atoms with E-state index in [0.717, 1.165) is 0 Å². The third-order valence-corrected chi connectivity index (χ3v) is 2.75. The van der Waals surface area contributed by atoms with Gasteiger partial charge in [0.05, 0.1) is 18.0 Å². The van der Waals surface area contributed by atoms with Crippen LogP contribution in [-0.2, 0) is 9.47 Å². The van der Waals surface area contributed by atoms with E-state index in [1.165, 1.54) is 0 Å². The molecule has 3 nitrogen and oxygen atoms in total. The highest BCUT2D eigenvalue weighted by Crippen LogP contribution is 2.30. The Hall–Kier alpha value is 0.360. The second kappa shape index (κ2) is 2.44. The topological polar surface area (TPSA) is 38.7 Å². The van der Waals surface area contributed by atoms with Crippen LogP contribution in [-0.4, -0.2) is 41.5 Å². The minimum Gasteiger partial charge on any atom is -0.388 e. The van der Waals surface area contributed by atoms with Gasteiger partial charge in [0.1, 0.15) is 18.3 Å².